The Hall–Kier alpha value is -2.27. The van der Waals surface area contributed by atoms with E-state index in [9.17, 15) is 9.59 Å². The molecule has 0 spiro atoms. The molecule has 22 heavy (non-hydrogen) atoms. The first-order valence-corrected chi connectivity index (χ1v) is 8.01. The summed E-state index contributed by atoms with van der Waals surface area (Å²) >= 11 is 1.51. The Balaban J connectivity index is 1.75. The number of hydrogen-bond donors (Lipinski definition) is 1. The summed E-state index contributed by atoms with van der Waals surface area (Å²) in [6.07, 6.45) is 0. The molecule has 2 amide bonds. The van der Waals surface area contributed by atoms with Crippen molar-refractivity contribution in [2.45, 2.75) is 11.8 Å². The topological polar surface area (TPSA) is 49.4 Å². The number of para-hydroxylation sites is 1. The number of hydrogen-bond acceptors (Lipinski definition) is 3. The fraction of sp³-hybridized carbons (Fsp3) is 0.176. The average Bonchev–Trinajstić information content (AvgIpc) is 2.50. The van der Waals surface area contributed by atoms with E-state index in [1.807, 2.05) is 55.5 Å². The van der Waals surface area contributed by atoms with Crippen LogP contribution in [-0.4, -0.2) is 24.1 Å². The molecule has 0 atom stereocenters. The van der Waals surface area contributed by atoms with Crippen LogP contribution in [0.2, 0.25) is 0 Å². The third kappa shape index (κ3) is 3.14. The summed E-state index contributed by atoms with van der Waals surface area (Å²) in [5.74, 6) is 0.137. The van der Waals surface area contributed by atoms with Gasteiger partial charge in [-0.1, -0.05) is 24.3 Å². The lowest BCUT2D eigenvalue weighted by Crippen LogP contribution is -2.41. The lowest BCUT2D eigenvalue weighted by molar-refractivity contribution is -0.120. The van der Waals surface area contributed by atoms with E-state index < -0.39 is 0 Å². The highest BCUT2D eigenvalue weighted by atomic mass is 32.2. The monoisotopic (exact) mass is 312 g/mol. The highest BCUT2D eigenvalue weighted by molar-refractivity contribution is 8.00. The van der Waals surface area contributed by atoms with Crippen LogP contribution in [0.15, 0.2) is 53.4 Å². The first-order valence-electron chi connectivity index (χ1n) is 7.02. The van der Waals surface area contributed by atoms with E-state index in [0.717, 1.165) is 21.8 Å². The average molecular weight is 312 g/mol. The van der Waals surface area contributed by atoms with E-state index in [1.165, 1.54) is 11.8 Å². The van der Waals surface area contributed by atoms with Crippen LogP contribution in [0, 0.1) is 6.92 Å². The molecule has 0 radical (unpaired) electrons. The van der Waals surface area contributed by atoms with Gasteiger partial charge in [-0.25, -0.2) is 0 Å². The largest absolute Gasteiger partial charge is 0.325 e. The number of amides is 2. The fourth-order valence-electron chi connectivity index (χ4n) is 2.39. The number of anilines is 2. The molecule has 1 aliphatic heterocycles. The van der Waals surface area contributed by atoms with Crippen LogP contribution in [0.1, 0.15) is 5.56 Å². The van der Waals surface area contributed by atoms with Crippen molar-refractivity contribution in [1.82, 2.24) is 0 Å². The number of fused-ring (bicyclic) bond motifs is 1. The number of rotatable bonds is 3. The summed E-state index contributed by atoms with van der Waals surface area (Å²) in [5, 5.41) is 2.84. The van der Waals surface area contributed by atoms with Gasteiger partial charge in [0.2, 0.25) is 11.8 Å². The molecule has 1 N–H and O–H groups in total. The Bertz CT molecular complexity index is 730. The lowest BCUT2D eigenvalue weighted by atomic mass is 10.2. The Morgan fingerprint density at radius 2 is 2.05 bits per heavy atom. The van der Waals surface area contributed by atoms with Gasteiger partial charge in [0, 0.05) is 10.6 Å². The van der Waals surface area contributed by atoms with Crippen LogP contribution in [0.5, 0.6) is 0 Å². The molecule has 0 aliphatic carbocycles. The molecule has 0 aromatic heterocycles. The minimum Gasteiger partial charge on any atom is -0.325 e. The molecule has 0 saturated carbocycles. The minimum atomic E-state index is -0.194. The second-order valence-corrected chi connectivity index (χ2v) is 6.17. The van der Waals surface area contributed by atoms with Crippen molar-refractivity contribution in [2.24, 2.45) is 0 Å². The van der Waals surface area contributed by atoms with Crippen molar-refractivity contribution in [3.8, 4) is 0 Å². The molecule has 2 aromatic rings. The number of nitrogens with zero attached hydrogens (tertiary/aromatic N) is 1. The summed E-state index contributed by atoms with van der Waals surface area (Å²) in [5.41, 5.74) is 2.63. The zero-order chi connectivity index (χ0) is 15.5. The molecule has 0 bridgehead atoms. The quantitative estimate of drug-likeness (QED) is 0.947. The van der Waals surface area contributed by atoms with Gasteiger partial charge in [0.25, 0.3) is 0 Å². The third-order valence-corrected chi connectivity index (χ3v) is 4.46. The maximum atomic E-state index is 12.2. The van der Waals surface area contributed by atoms with Gasteiger partial charge in [-0.05, 0) is 36.8 Å². The van der Waals surface area contributed by atoms with Crippen molar-refractivity contribution in [3.05, 3.63) is 54.1 Å². The minimum absolute atomic E-state index is 0.0321. The predicted molar refractivity (Wildman–Crippen MR) is 89.3 cm³/mol. The van der Waals surface area contributed by atoms with Gasteiger partial charge in [-0.2, -0.15) is 0 Å². The van der Waals surface area contributed by atoms with Crippen LogP contribution in [0.4, 0.5) is 11.4 Å². The van der Waals surface area contributed by atoms with Crippen molar-refractivity contribution >= 4 is 35.0 Å². The highest BCUT2D eigenvalue weighted by Crippen LogP contribution is 2.34. The zero-order valence-corrected chi connectivity index (χ0v) is 13.0. The molecule has 5 heteroatoms. The number of thioether (sulfide) groups is 1. The molecule has 4 nitrogen and oxygen atoms in total. The zero-order valence-electron chi connectivity index (χ0n) is 12.2. The molecule has 0 saturated heterocycles. The SMILES string of the molecule is Cc1cccc(NC(=O)CN2C(=O)CSc3ccccc32)c1. The van der Waals surface area contributed by atoms with Gasteiger partial charge in [-0.15, -0.1) is 11.8 Å². The number of nitrogens with one attached hydrogen (secondary N) is 1. The Kier molecular flexibility index (Phi) is 4.15. The molecule has 1 heterocycles. The summed E-state index contributed by atoms with van der Waals surface area (Å²) in [7, 11) is 0. The fourth-order valence-corrected chi connectivity index (χ4v) is 3.33. The van der Waals surface area contributed by atoms with Crippen molar-refractivity contribution in [2.75, 3.05) is 22.5 Å². The Labute approximate surface area is 133 Å². The van der Waals surface area contributed by atoms with E-state index in [-0.39, 0.29) is 18.4 Å². The summed E-state index contributed by atoms with van der Waals surface area (Å²) in [6.45, 7) is 2.00. The Morgan fingerprint density at radius 1 is 1.23 bits per heavy atom. The normalized spacial score (nSPS) is 13.7. The third-order valence-electron chi connectivity index (χ3n) is 3.41. The van der Waals surface area contributed by atoms with Gasteiger partial charge >= 0.3 is 0 Å². The van der Waals surface area contributed by atoms with E-state index in [2.05, 4.69) is 5.32 Å². The van der Waals surface area contributed by atoms with E-state index in [4.69, 9.17) is 0 Å². The summed E-state index contributed by atoms with van der Waals surface area (Å²) in [4.78, 5) is 26.9. The molecular weight excluding hydrogens is 296 g/mol. The number of benzene rings is 2. The van der Waals surface area contributed by atoms with Crippen molar-refractivity contribution < 1.29 is 9.59 Å². The molecule has 112 valence electrons. The molecule has 0 fully saturated rings. The van der Waals surface area contributed by atoms with Crippen molar-refractivity contribution in [3.63, 3.8) is 0 Å². The second kappa shape index (κ2) is 6.23. The molecule has 3 rings (SSSR count). The Morgan fingerprint density at radius 3 is 2.86 bits per heavy atom. The summed E-state index contributed by atoms with van der Waals surface area (Å²) < 4.78 is 0. The molecule has 0 unspecified atom stereocenters. The summed E-state index contributed by atoms with van der Waals surface area (Å²) in [6, 6.07) is 15.3. The smallest absolute Gasteiger partial charge is 0.244 e. The van der Waals surface area contributed by atoms with Crippen molar-refractivity contribution in [1.29, 1.82) is 0 Å². The van der Waals surface area contributed by atoms with Gasteiger partial charge in [0.15, 0.2) is 0 Å². The van der Waals surface area contributed by atoms with E-state index >= 15 is 0 Å². The lowest BCUT2D eigenvalue weighted by Gasteiger charge is -2.28. The van der Waals surface area contributed by atoms with E-state index in [1.54, 1.807) is 4.90 Å². The number of aryl methyl sites for hydroxylation is 1. The first-order chi connectivity index (χ1) is 10.6. The van der Waals surface area contributed by atoms with Crippen LogP contribution in [-0.2, 0) is 9.59 Å². The van der Waals surface area contributed by atoms with Crippen LogP contribution >= 0.6 is 11.8 Å². The van der Waals surface area contributed by atoms with Crippen LogP contribution < -0.4 is 10.2 Å². The maximum Gasteiger partial charge on any atom is 0.244 e. The maximum absolute atomic E-state index is 12.2. The van der Waals surface area contributed by atoms with Gasteiger partial charge in [0.1, 0.15) is 6.54 Å². The van der Waals surface area contributed by atoms with Crippen LogP contribution in [0.25, 0.3) is 0 Å². The van der Waals surface area contributed by atoms with Crippen LogP contribution in [0.3, 0.4) is 0 Å². The molecule has 2 aromatic carbocycles. The van der Waals surface area contributed by atoms with Gasteiger partial charge < -0.3 is 10.2 Å². The number of carbonyl (C=O) groups is 2. The van der Waals surface area contributed by atoms with Gasteiger partial charge in [0.05, 0.1) is 11.4 Å². The van der Waals surface area contributed by atoms with E-state index in [0.29, 0.717) is 5.75 Å². The predicted octanol–water partition coefficient (Wildman–Crippen LogP) is 3.07. The molecule has 1 aliphatic rings. The second-order valence-electron chi connectivity index (χ2n) is 5.15. The van der Waals surface area contributed by atoms with Gasteiger partial charge in [-0.3, -0.25) is 9.59 Å². The first kappa shape index (κ1) is 14.7. The molecular formula is C17H16N2O2S. The number of carbonyl (C=O) groups excluding carboxylic acids is 2. The highest BCUT2D eigenvalue weighted by Gasteiger charge is 2.26. The standard InChI is InChI=1S/C17H16N2O2S/c1-12-5-4-6-13(9-12)18-16(20)10-19-14-7-2-3-8-15(14)22-11-17(19)21/h2-9H,10-11H2,1H3,(H,18,20).